The van der Waals surface area contributed by atoms with Crippen LogP contribution in [0.1, 0.15) is 0 Å². The van der Waals surface area contributed by atoms with Gasteiger partial charge in [0.05, 0.1) is 18.7 Å². The number of hydrogen-bond acceptors (Lipinski definition) is 7. The zero-order valence-corrected chi connectivity index (χ0v) is 15.6. The number of pyridine rings is 1. The summed E-state index contributed by atoms with van der Waals surface area (Å²) in [4.78, 5) is 15.5. The minimum atomic E-state index is 0.689. The zero-order chi connectivity index (χ0) is 18.5. The highest BCUT2D eigenvalue weighted by atomic mass is 35.5. The lowest BCUT2D eigenvalue weighted by atomic mass is 10.2. The number of halogens is 1. The molecule has 1 saturated heterocycles. The van der Waals surface area contributed by atoms with Crippen molar-refractivity contribution in [1.29, 1.82) is 0 Å². The summed E-state index contributed by atoms with van der Waals surface area (Å²) in [5, 5.41) is 8.53. The lowest BCUT2D eigenvalue weighted by Crippen LogP contribution is -2.37. The number of nitrogens with one attached hydrogen (secondary N) is 2. The van der Waals surface area contributed by atoms with E-state index < -0.39 is 0 Å². The average Bonchev–Trinajstić information content (AvgIpc) is 2.72. The highest BCUT2D eigenvalue weighted by molar-refractivity contribution is 6.31. The molecule has 27 heavy (non-hydrogen) atoms. The molecule has 4 rings (SSSR count). The molecule has 2 N–H and O–H groups in total. The Hall–Kier alpha value is -2.64. The summed E-state index contributed by atoms with van der Waals surface area (Å²) < 4.78 is 5.38. The average molecular weight is 385 g/mol. The molecule has 0 unspecified atom stereocenters. The molecule has 0 spiro atoms. The molecule has 1 aliphatic heterocycles. The van der Waals surface area contributed by atoms with Gasteiger partial charge in [-0.15, -0.1) is 0 Å². The quantitative estimate of drug-likeness (QED) is 0.632. The van der Waals surface area contributed by atoms with Gasteiger partial charge in [-0.1, -0.05) is 11.6 Å². The van der Waals surface area contributed by atoms with E-state index in [0.717, 1.165) is 67.7 Å². The maximum Gasteiger partial charge on any atom is 0.227 e. The lowest BCUT2D eigenvalue weighted by molar-refractivity contribution is 0.122. The zero-order valence-electron chi connectivity index (χ0n) is 14.9. The SMILES string of the molecule is Clc1ccc2c(NCCNc3ccnc(N4CCOCC4)n3)ccnc2c1. The first-order valence-corrected chi connectivity index (χ1v) is 9.35. The molecule has 0 bridgehead atoms. The molecule has 0 radical (unpaired) electrons. The number of fused-ring (bicyclic) bond motifs is 1. The molecule has 8 heteroatoms. The standard InChI is InChI=1S/C19H21ClN6O/c20-14-1-2-15-16(3-5-21-17(15)13-14)22-7-8-23-18-4-6-24-19(25-18)26-9-11-27-12-10-26/h1-6,13H,7-12H2,(H,21,22)(H,23,24,25). The smallest absolute Gasteiger partial charge is 0.227 e. The Kier molecular flexibility index (Phi) is 5.50. The van der Waals surface area contributed by atoms with Crippen molar-refractivity contribution < 1.29 is 4.74 Å². The first-order valence-electron chi connectivity index (χ1n) is 8.97. The maximum atomic E-state index is 6.04. The van der Waals surface area contributed by atoms with Crippen LogP contribution in [0.2, 0.25) is 5.02 Å². The van der Waals surface area contributed by atoms with E-state index in [4.69, 9.17) is 16.3 Å². The van der Waals surface area contributed by atoms with Gasteiger partial charge in [0, 0.05) is 54.7 Å². The fraction of sp³-hybridized carbons (Fsp3) is 0.316. The number of anilines is 3. The van der Waals surface area contributed by atoms with Gasteiger partial charge in [-0.3, -0.25) is 4.98 Å². The van der Waals surface area contributed by atoms with Crippen molar-refractivity contribution in [1.82, 2.24) is 15.0 Å². The number of hydrogen-bond donors (Lipinski definition) is 2. The van der Waals surface area contributed by atoms with Crippen LogP contribution in [-0.2, 0) is 4.74 Å². The Morgan fingerprint density at radius 3 is 2.70 bits per heavy atom. The third kappa shape index (κ3) is 4.37. The van der Waals surface area contributed by atoms with Gasteiger partial charge in [0.25, 0.3) is 0 Å². The molecule has 3 heterocycles. The van der Waals surface area contributed by atoms with E-state index in [9.17, 15) is 0 Å². The molecule has 1 aromatic carbocycles. The largest absolute Gasteiger partial charge is 0.383 e. The Morgan fingerprint density at radius 2 is 1.81 bits per heavy atom. The molecular weight excluding hydrogens is 364 g/mol. The first kappa shape index (κ1) is 17.8. The second-order valence-electron chi connectivity index (χ2n) is 6.21. The molecule has 3 aromatic rings. The Balaban J connectivity index is 1.34. The van der Waals surface area contributed by atoms with Crippen LogP contribution in [0, 0.1) is 0 Å². The van der Waals surface area contributed by atoms with Crippen molar-refractivity contribution in [3.05, 3.63) is 47.7 Å². The van der Waals surface area contributed by atoms with Crippen LogP contribution in [0.4, 0.5) is 17.5 Å². The third-order valence-corrected chi connectivity index (χ3v) is 4.62. The Bertz CT molecular complexity index is 916. The van der Waals surface area contributed by atoms with Crippen LogP contribution in [-0.4, -0.2) is 54.3 Å². The first-order chi connectivity index (χ1) is 13.3. The van der Waals surface area contributed by atoms with E-state index in [0.29, 0.717) is 5.02 Å². The number of morpholine rings is 1. The van der Waals surface area contributed by atoms with Gasteiger partial charge >= 0.3 is 0 Å². The molecule has 1 fully saturated rings. The number of benzene rings is 1. The summed E-state index contributed by atoms with van der Waals surface area (Å²) in [6.07, 6.45) is 3.57. The molecular formula is C19H21ClN6O. The number of aromatic nitrogens is 3. The predicted octanol–water partition coefficient (Wildman–Crippen LogP) is 3.04. The van der Waals surface area contributed by atoms with Crippen LogP contribution in [0.15, 0.2) is 42.7 Å². The van der Waals surface area contributed by atoms with Crippen LogP contribution in [0.25, 0.3) is 10.9 Å². The van der Waals surface area contributed by atoms with E-state index in [1.54, 1.807) is 12.4 Å². The van der Waals surface area contributed by atoms with Gasteiger partial charge in [0.15, 0.2) is 0 Å². The molecule has 2 aromatic heterocycles. The summed E-state index contributed by atoms with van der Waals surface area (Å²) in [6, 6.07) is 9.59. The topological polar surface area (TPSA) is 75.2 Å². The molecule has 1 aliphatic rings. The van der Waals surface area contributed by atoms with Crippen LogP contribution >= 0.6 is 11.6 Å². The molecule has 0 amide bonds. The fourth-order valence-electron chi connectivity index (χ4n) is 3.03. The van der Waals surface area contributed by atoms with E-state index in [1.165, 1.54) is 0 Å². The van der Waals surface area contributed by atoms with Crippen molar-refractivity contribution in [3.63, 3.8) is 0 Å². The van der Waals surface area contributed by atoms with Crippen LogP contribution in [0.3, 0.4) is 0 Å². The van der Waals surface area contributed by atoms with E-state index in [-0.39, 0.29) is 0 Å². The van der Waals surface area contributed by atoms with Crippen molar-refractivity contribution in [2.24, 2.45) is 0 Å². The monoisotopic (exact) mass is 384 g/mol. The summed E-state index contributed by atoms with van der Waals surface area (Å²) in [7, 11) is 0. The molecule has 140 valence electrons. The third-order valence-electron chi connectivity index (χ3n) is 4.39. The van der Waals surface area contributed by atoms with Crippen LogP contribution < -0.4 is 15.5 Å². The minimum Gasteiger partial charge on any atom is -0.383 e. The number of ether oxygens (including phenoxy) is 1. The summed E-state index contributed by atoms with van der Waals surface area (Å²) in [6.45, 7) is 4.57. The van der Waals surface area contributed by atoms with Crippen LogP contribution in [0.5, 0.6) is 0 Å². The molecule has 0 saturated carbocycles. The van der Waals surface area contributed by atoms with E-state index >= 15 is 0 Å². The Labute approximate surface area is 162 Å². The molecule has 0 aliphatic carbocycles. The van der Waals surface area contributed by atoms with Crippen molar-refractivity contribution in [2.75, 3.05) is 54.9 Å². The molecule has 7 nitrogen and oxygen atoms in total. The normalized spacial score (nSPS) is 14.3. The van der Waals surface area contributed by atoms with Crippen molar-refractivity contribution in [3.8, 4) is 0 Å². The van der Waals surface area contributed by atoms with Crippen molar-refractivity contribution >= 4 is 40.0 Å². The minimum absolute atomic E-state index is 0.689. The summed E-state index contributed by atoms with van der Waals surface area (Å²) in [5.74, 6) is 1.56. The second-order valence-corrected chi connectivity index (χ2v) is 6.65. The lowest BCUT2D eigenvalue weighted by Gasteiger charge is -2.26. The van der Waals surface area contributed by atoms with E-state index in [2.05, 4.69) is 30.5 Å². The van der Waals surface area contributed by atoms with E-state index in [1.807, 2.05) is 30.3 Å². The van der Waals surface area contributed by atoms with Gasteiger partial charge in [-0.25, -0.2) is 4.98 Å². The number of rotatable bonds is 6. The highest BCUT2D eigenvalue weighted by Gasteiger charge is 2.13. The second kappa shape index (κ2) is 8.37. The van der Waals surface area contributed by atoms with Gasteiger partial charge < -0.3 is 20.3 Å². The number of nitrogens with zero attached hydrogens (tertiary/aromatic N) is 4. The summed E-state index contributed by atoms with van der Waals surface area (Å²) in [5.41, 5.74) is 1.92. The fourth-order valence-corrected chi connectivity index (χ4v) is 3.19. The Morgan fingerprint density at radius 1 is 1.00 bits per heavy atom. The molecule has 0 atom stereocenters. The van der Waals surface area contributed by atoms with Gasteiger partial charge in [-0.2, -0.15) is 4.98 Å². The highest BCUT2D eigenvalue weighted by Crippen LogP contribution is 2.24. The summed E-state index contributed by atoms with van der Waals surface area (Å²) >= 11 is 6.04. The maximum absolute atomic E-state index is 6.04. The van der Waals surface area contributed by atoms with Gasteiger partial charge in [-0.05, 0) is 30.3 Å². The van der Waals surface area contributed by atoms with Gasteiger partial charge in [0.2, 0.25) is 5.95 Å². The van der Waals surface area contributed by atoms with Crippen molar-refractivity contribution in [2.45, 2.75) is 0 Å². The predicted molar refractivity (Wildman–Crippen MR) is 109 cm³/mol. The van der Waals surface area contributed by atoms with Gasteiger partial charge in [0.1, 0.15) is 5.82 Å².